The van der Waals surface area contributed by atoms with Crippen molar-refractivity contribution in [3.8, 4) is 0 Å². The van der Waals surface area contributed by atoms with Crippen molar-refractivity contribution in [1.82, 2.24) is 0 Å². The summed E-state index contributed by atoms with van der Waals surface area (Å²) in [5.41, 5.74) is -0.382. The van der Waals surface area contributed by atoms with E-state index in [0.717, 1.165) is 0 Å². The van der Waals surface area contributed by atoms with E-state index in [-0.39, 0.29) is 0 Å². The second-order valence-corrected chi connectivity index (χ2v) is 2.65. The highest BCUT2D eigenvalue weighted by atomic mass is 35.5. The van der Waals surface area contributed by atoms with Crippen LogP contribution in [0.1, 0.15) is 0 Å². The summed E-state index contributed by atoms with van der Waals surface area (Å²) in [5.74, 6) is -1.08. The van der Waals surface area contributed by atoms with Crippen molar-refractivity contribution < 1.29 is 9.90 Å². The molecule has 0 fully saturated rings. The third kappa shape index (κ3) is 2.43. The number of rotatable bonds is 3. The molecule has 3 nitrogen and oxygen atoms in total. The monoisotopic (exact) mass is 185 g/mol. The molecule has 1 atom stereocenters. The first-order chi connectivity index (χ1) is 5.70. The summed E-state index contributed by atoms with van der Waals surface area (Å²) in [6.07, 6.45) is 0. The number of carbonyl (C=O) groups is 1. The second-order valence-electron chi connectivity index (χ2n) is 2.21. The first-order valence-electron chi connectivity index (χ1n) is 3.38. The molecule has 0 bridgehead atoms. The smallest absolute Gasteiger partial charge is 0.341 e. The van der Waals surface area contributed by atoms with Crippen LogP contribution in [-0.2, 0) is 4.79 Å². The average Bonchev–Trinajstić information content (AvgIpc) is 2.06. The maximum Gasteiger partial charge on any atom is 0.341 e. The lowest BCUT2D eigenvalue weighted by Gasteiger charge is -2.07. The van der Waals surface area contributed by atoms with Crippen molar-refractivity contribution >= 4 is 23.3 Å². The minimum absolute atomic E-state index is 0.694. The third-order valence-corrected chi connectivity index (χ3v) is 1.58. The summed E-state index contributed by atoms with van der Waals surface area (Å²) < 4.78 is 0. The van der Waals surface area contributed by atoms with Gasteiger partial charge in [0, 0.05) is 5.69 Å². The highest BCUT2D eigenvalue weighted by Crippen LogP contribution is 2.08. The maximum atomic E-state index is 10.3. The van der Waals surface area contributed by atoms with Crippen LogP contribution in [0.5, 0.6) is 0 Å². The highest BCUT2D eigenvalue weighted by Gasteiger charge is 2.11. The van der Waals surface area contributed by atoms with Gasteiger partial charge >= 0.3 is 5.97 Å². The summed E-state index contributed by atoms with van der Waals surface area (Å²) in [4.78, 5) is 10.3. The second kappa shape index (κ2) is 3.97. The molecular formula is C8H8ClNO2. The number of para-hydroxylation sites is 1. The Morgan fingerprint density at radius 2 is 2.00 bits per heavy atom. The van der Waals surface area contributed by atoms with Gasteiger partial charge in [-0.25, -0.2) is 4.79 Å². The Kier molecular flexibility index (Phi) is 2.94. The van der Waals surface area contributed by atoms with Crippen molar-refractivity contribution in [3.05, 3.63) is 30.3 Å². The molecule has 0 aromatic heterocycles. The van der Waals surface area contributed by atoms with Crippen molar-refractivity contribution in [2.75, 3.05) is 5.32 Å². The molecule has 12 heavy (non-hydrogen) atoms. The van der Waals surface area contributed by atoms with E-state index in [1.54, 1.807) is 24.3 Å². The molecule has 1 rings (SSSR count). The Bertz CT molecular complexity index is 263. The standard InChI is InChI=1S/C8H8ClNO2/c9-7(8(11)12)10-6-4-2-1-3-5-6/h1-5,7,10H,(H,11,12)/t7-/m1/s1. The minimum Gasteiger partial charge on any atom is -0.479 e. The Morgan fingerprint density at radius 1 is 1.42 bits per heavy atom. The van der Waals surface area contributed by atoms with Crippen molar-refractivity contribution in [3.63, 3.8) is 0 Å². The number of carboxylic acid groups (broad SMARTS) is 1. The van der Waals surface area contributed by atoms with Crippen LogP contribution in [0.15, 0.2) is 30.3 Å². The number of benzene rings is 1. The molecule has 0 radical (unpaired) electrons. The van der Waals surface area contributed by atoms with Crippen LogP contribution >= 0.6 is 11.6 Å². The molecule has 0 aliphatic heterocycles. The molecule has 0 amide bonds. The number of nitrogens with one attached hydrogen (secondary N) is 1. The fourth-order valence-corrected chi connectivity index (χ4v) is 0.868. The lowest BCUT2D eigenvalue weighted by atomic mass is 10.3. The molecule has 1 aromatic carbocycles. The van der Waals surface area contributed by atoms with Gasteiger partial charge in [-0.15, -0.1) is 0 Å². The van der Waals surface area contributed by atoms with Crippen LogP contribution in [0.4, 0.5) is 5.69 Å². The fourth-order valence-electron chi connectivity index (χ4n) is 0.742. The Hall–Kier alpha value is -1.22. The van der Waals surface area contributed by atoms with E-state index in [4.69, 9.17) is 16.7 Å². The summed E-state index contributed by atoms with van der Waals surface area (Å²) in [5, 5.41) is 11.1. The van der Waals surface area contributed by atoms with E-state index >= 15 is 0 Å². The topological polar surface area (TPSA) is 49.3 Å². The molecule has 0 spiro atoms. The van der Waals surface area contributed by atoms with Gasteiger partial charge in [-0.3, -0.25) is 0 Å². The zero-order valence-corrected chi connectivity index (χ0v) is 6.95. The largest absolute Gasteiger partial charge is 0.479 e. The quantitative estimate of drug-likeness (QED) is 0.557. The average molecular weight is 186 g/mol. The van der Waals surface area contributed by atoms with E-state index < -0.39 is 11.5 Å². The van der Waals surface area contributed by atoms with E-state index in [9.17, 15) is 4.79 Å². The van der Waals surface area contributed by atoms with Crippen LogP contribution < -0.4 is 5.32 Å². The Morgan fingerprint density at radius 3 is 2.50 bits per heavy atom. The van der Waals surface area contributed by atoms with E-state index in [1.807, 2.05) is 6.07 Å². The molecule has 1 aromatic rings. The number of carboxylic acids is 1. The van der Waals surface area contributed by atoms with Gasteiger partial charge in [0.15, 0.2) is 5.50 Å². The van der Waals surface area contributed by atoms with Gasteiger partial charge in [0.05, 0.1) is 0 Å². The molecule has 0 saturated heterocycles. The lowest BCUT2D eigenvalue weighted by Crippen LogP contribution is -2.22. The van der Waals surface area contributed by atoms with Gasteiger partial charge in [0.1, 0.15) is 0 Å². The number of hydrogen-bond acceptors (Lipinski definition) is 2. The van der Waals surface area contributed by atoms with Crippen molar-refractivity contribution in [2.45, 2.75) is 5.50 Å². The van der Waals surface area contributed by atoms with Crippen LogP contribution in [0.25, 0.3) is 0 Å². The molecular weight excluding hydrogens is 178 g/mol. The molecule has 64 valence electrons. The van der Waals surface area contributed by atoms with Crippen molar-refractivity contribution in [2.24, 2.45) is 0 Å². The first-order valence-corrected chi connectivity index (χ1v) is 3.82. The van der Waals surface area contributed by atoms with Crippen LogP contribution in [0.3, 0.4) is 0 Å². The summed E-state index contributed by atoms with van der Waals surface area (Å²) in [7, 11) is 0. The van der Waals surface area contributed by atoms with E-state index in [2.05, 4.69) is 5.32 Å². The molecule has 0 aliphatic rings. The molecule has 2 N–H and O–H groups in total. The van der Waals surface area contributed by atoms with Gasteiger partial charge in [-0.1, -0.05) is 29.8 Å². The van der Waals surface area contributed by atoms with Gasteiger partial charge in [0.25, 0.3) is 0 Å². The van der Waals surface area contributed by atoms with E-state index in [0.29, 0.717) is 5.69 Å². The van der Waals surface area contributed by atoms with Crippen LogP contribution in [0, 0.1) is 0 Å². The first kappa shape index (κ1) is 8.87. The molecule has 0 heterocycles. The van der Waals surface area contributed by atoms with Gasteiger partial charge in [0.2, 0.25) is 0 Å². The van der Waals surface area contributed by atoms with Gasteiger partial charge < -0.3 is 10.4 Å². The van der Waals surface area contributed by atoms with Gasteiger partial charge in [-0.2, -0.15) is 0 Å². The minimum atomic E-state index is -1.08. The zero-order chi connectivity index (χ0) is 8.97. The Labute approximate surface area is 75.0 Å². The summed E-state index contributed by atoms with van der Waals surface area (Å²) in [6, 6.07) is 8.94. The molecule has 4 heteroatoms. The van der Waals surface area contributed by atoms with Gasteiger partial charge in [-0.05, 0) is 12.1 Å². The van der Waals surface area contributed by atoms with Crippen LogP contribution in [-0.4, -0.2) is 16.6 Å². The Balaban J connectivity index is 2.58. The number of alkyl halides is 1. The summed E-state index contributed by atoms with van der Waals surface area (Å²) in [6.45, 7) is 0. The number of halogens is 1. The highest BCUT2D eigenvalue weighted by molar-refractivity contribution is 6.30. The SMILES string of the molecule is O=C(O)[C@H](Cl)Nc1ccccc1. The normalized spacial score (nSPS) is 12.1. The summed E-state index contributed by atoms with van der Waals surface area (Å²) >= 11 is 5.44. The number of anilines is 1. The van der Waals surface area contributed by atoms with Crippen LogP contribution in [0.2, 0.25) is 0 Å². The third-order valence-electron chi connectivity index (χ3n) is 1.28. The van der Waals surface area contributed by atoms with Crippen molar-refractivity contribution in [1.29, 1.82) is 0 Å². The zero-order valence-electron chi connectivity index (χ0n) is 6.20. The molecule has 0 saturated carbocycles. The lowest BCUT2D eigenvalue weighted by molar-refractivity contribution is -0.136. The number of hydrogen-bond donors (Lipinski definition) is 2. The maximum absolute atomic E-state index is 10.3. The fraction of sp³-hybridized carbons (Fsp3) is 0.125. The molecule has 0 aliphatic carbocycles. The predicted molar refractivity (Wildman–Crippen MR) is 47.3 cm³/mol. The predicted octanol–water partition coefficient (Wildman–Crippen LogP) is 1.75. The number of aliphatic carboxylic acids is 1. The van der Waals surface area contributed by atoms with E-state index in [1.165, 1.54) is 0 Å². The molecule has 0 unspecified atom stereocenters.